The van der Waals surface area contributed by atoms with Crippen LogP contribution in [0.1, 0.15) is 23.5 Å². The minimum atomic E-state index is 0.709. The number of hydrogen-bond donors (Lipinski definition) is 2. The zero-order valence-electron chi connectivity index (χ0n) is 13.3. The number of aryl methyl sites for hydroxylation is 1. The van der Waals surface area contributed by atoms with Crippen molar-refractivity contribution in [3.63, 3.8) is 0 Å². The highest BCUT2D eigenvalue weighted by atomic mass is 15.2. The van der Waals surface area contributed by atoms with Gasteiger partial charge < -0.3 is 15.2 Å². The standard InChI is InChI=1S/C18H24N4/c1-19-18(20-11-14-8-9-22(2)13-14)21-12-16-10-17(16)15-6-4-3-5-7-15/h3-9,13,16-17H,10-12H2,1-2H3,(H2,19,20,21). The van der Waals surface area contributed by atoms with E-state index in [0.717, 1.165) is 25.0 Å². The third-order valence-corrected chi connectivity index (χ3v) is 4.26. The average molecular weight is 296 g/mol. The normalized spacial score (nSPS) is 20.7. The van der Waals surface area contributed by atoms with E-state index in [1.165, 1.54) is 17.5 Å². The van der Waals surface area contributed by atoms with Gasteiger partial charge in [-0.15, -0.1) is 0 Å². The fourth-order valence-corrected chi connectivity index (χ4v) is 2.88. The van der Waals surface area contributed by atoms with Crippen molar-refractivity contribution in [1.29, 1.82) is 0 Å². The quantitative estimate of drug-likeness (QED) is 0.657. The molecule has 0 saturated heterocycles. The summed E-state index contributed by atoms with van der Waals surface area (Å²) in [5.74, 6) is 2.31. The van der Waals surface area contributed by atoms with Crippen LogP contribution in [0.15, 0.2) is 53.8 Å². The lowest BCUT2D eigenvalue weighted by Gasteiger charge is -2.11. The predicted octanol–water partition coefficient (Wildman–Crippen LogP) is 2.49. The van der Waals surface area contributed by atoms with E-state index in [1.54, 1.807) is 0 Å². The van der Waals surface area contributed by atoms with Crippen LogP contribution in [0.2, 0.25) is 0 Å². The highest BCUT2D eigenvalue weighted by Gasteiger charge is 2.37. The van der Waals surface area contributed by atoms with E-state index >= 15 is 0 Å². The van der Waals surface area contributed by atoms with Gasteiger partial charge in [-0.1, -0.05) is 30.3 Å². The van der Waals surface area contributed by atoms with Gasteiger partial charge in [0.1, 0.15) is 0 Å². The summed E-state index contributed by atoms with van der Waals surface area (Å²) in [6.07, 6.45) is 5.45. The van der Waals surface area contributed by atoms with E-state index in [4.69, 9.17) is 0 Å². The van der Waals surface area contributed by atoms with Gasteiger partial charge in [0.2, 0.25) is 0 Å². The number of rotatable bonds is 5. The van der Waals surface area contributed by atoms with Crippen LogP contribution in [0.5, 0.6) is 0 Å². The molecule has 1 aliphatic rings. The maximum absolute atomic E-state index is 4.30. The Labute approximate surface area is 132 Å². The van der Waals surface area contributed by atoms with Crippen LogP contribution in [-0.4, -0.2) is 24.1 Å². The van der Waals surface area contributed by atoms with Gasteiger partial charge in [-0.2, -0.15) is 0 Å². The Hall–Kier alpha value is -2.23. The van der Waals surface area contributed by atoms with E-state index < -0.39 is 0 Å². The number of nitrogens with one attached hydrogen (secondary N) is 2. The first kappa shape index (κ1) is 14.7. The second-order valence-electron chi connectivity index (χ2n) is 6.00. The number of aromatic nitrogens is 1. The van der Waals surface area contributed by atoms with Gasteiger partial charge in [-0.05, 0) is 35.4 Å². The Kier molecular flexibility index (Phi) is 4.47. The van der Waals surface area contributed by atoms with Crippen molar-refractivity contribution in [2.45, 2.75) is 18.9 Å². The topological polar surface area (TPSA) is 41.4 Å². The van der Waals surface area contributed by atoms with Crippen LogP contribution < -0.4 is 10.6 Å². The minimum Gasteiger partial charge on any atom is -0.357 e. The molecule has 22 heavy (non-hydrogen) atoms. The van der Waals surface area contributed by atoms with Crippen LogP contribution >= 0.6 is 0 Å². The van der Waals surface area contributed by atoms with Gasteiger partial charge in [0, 0.05) is 39.6 Å². The lowest BCUT2D eigenvalue weighted by molar-refractivity contribution is 0.719. The van der Waals surface area contributed by atoms with Crippen molar-refractivity contribution >= 4 is 5.96 Å². The molecule has 2 unspecified atom stereocenters. The SMILES string of the molecule is CN=C(NCc1ccn(C)c1)NCC1CC1c1ccccc1. The molecular weight excluding hydrogens is 272 g/mol. The Bertz CT molecular complexity index is 630. The maximum Gasteiger partial charge on any atom is 0.191 e. The fraction of sp³-hybridized carbons (Fsp3) is 0.389. The average Bonchev–Trinajstić information content (AvgIpc) is 3.21. The van der Waals surface area contributed by atoms with Crippen LogP contribution in [0.3, 0.4) is 0 Å². The highest BCUT2D eigenvalue weighted by molar-refractivity contribution is 5.79. The lowest BCUT2D eigenvalue weighted by atomic mass is 10.1. The summed E-state index contributed by atoms with van der Waals surface area (Å²) < 4.78 is 2.06. The van der Waals surface area contributed by atoms with Gasteiger partial charge >= 0.3 is 0 Å². The van der Waals surface area contributed by atoms with Gasteiger partial charge in [0.05, 0.1) is 0 Å². The van der Waals surface area contributed by atoms with Gasteiger partial charge in [-0.3, -0.25) is 4.99 Å². The molecular formula is C18H24N4. The van der Waals surface area contributed by atoms with Gasteiger partial charge in [0.15, 0.2) is 5.96 Å². The molecule has 1 aromatic heterocycles. The molecule has 0 spiro atoms. The second-order valence-corrected chi connectivity index (χ2v) is 6.00. The van der Waals surface area contributed by atoms with Gasteiger partial charge in [0.25, 0.3) is 0 Å². The van der Waals surface area contributed by atoms with Crippen molar-refractivity contribution in [2.24, 2.45) is 18.0 Å². The van der Waals surface area contributed by atoms with Crippen LogP contribution in [0, 0.1) is 5.92 Å². The zero-order chi connectivity index (χ0) is 15.4. The molecule has 1 aromatic carbocycles. The number of nitrogens with zero attached hydrogens (tertiary/aromatic N) is 2. The third kappa shape index (κ3) is 3.70. The first-order valence-corrected chi connectivity index (χ1v) is 7.86. The first-order valence-electron chi connectivity index (χ1n) is 7.86. The smallest absolute Gasteiger partial charge is 0.191 e. The molecule has 0 radical (unpaired) electrons. The molecule has 0 aliphatic heterocycles. The van der Waals surface area contributed by atoms with Crippen LogP contribution in [0.4, 0.5) is 0 Å². The van der Waals surface area contributed by atoms with E-state index in [2.05, 4.69) is 69.0 Å². The van der Waals surface area contributed by atoms with E-state index in [-0.39, 0.29) is 0 Å². The summed E-state index contributed by atoms with van der Waals surface area (Å²) in [7, 11) is 3.86. The molecule has 0 bridgehead atoms. The van der Waals surface area contributed by atoms with Crippen molar-refractivity contribution in [3.8, 4) is 0 Å². The fourth-order valence-electron chi connectivity index (χ4n) is 2.88. The molecule has 116 valence electrons. The van der Waals surface area contributed by atoms with Crippen LogP contribution in [-0.2, 0) is 13.6 Å². The third-order valence-electron chi connectivity index (χ3n) is 4.26. The lowest BCUT2D eigenvalue weighted by Crippen LogP contribution is -2.37. The largest absolute Gasteiger partial charge is 0.357 e. The van der Waals surface area contributed by atoms with E-state index in [1.807, 2.05) is 14.1 Å². The van der Waals surface area contributed by atoms with E-state index in [0.29, 0.717) is 5.92 Å². The summed E-state index contributed by atoms with van der Waals surface area (Å²) in [5, 5.41) is 6.80. The molecule has 0 amide bonds. The van der Waals surface area contributed by atoms with Crippen molar-refractivity contribution in [3.05, 3.63) is 59.9 Å². The molecule has 1 saturated carbocycles. The Morgan fingerprint density at radius 3 is 2.73 bits per heavy atom. The predicted molar refractivity (Wildman–Crippen MR) is 90.9 cm³/mol. The second kappa shape index (κ2) is 6.69. The Balaban J connectivity index is 1.43. The molecule has 1 heterocycles. The molecule has 2 atom stereocenters. The van der Waals surface area contributed by atoms with E-state index in [9.17, 15) is 0 Å². The zero-order valence-corrected chi connectivity index (χ0v) is 13.3. The summed E-state index contributed by atoms with van der Waals surface area (Å²) in [6, 6.07) is 12.9. The Morgan fingerprint density at radius 2 is 2.05 bits per heavy atom. The first-order chi connectivity index (χ1) is 10.8. The van der Waals surface area contributed by atoms with Crippen molar-refractivity contribution in [2.75, 3.05) is 13.6 Å². The summed E-state index contributed by atoms with van der Waals surface area (Å²) in [6.45, 7) is 1.78. The number of guanidine groups is 1. The molecule has 1 fully saturated rings. The maximum atomic E-state index is 4.30. The van der Waals surface area contributed by atoms with Crippen molar-refractivity contribution in [1.82, 2.24) is 15.2 Å². The molecule has 2 N–H and O–H groups in total. The summed E-state index contributed by atoms with van der Waals surface area (Å²) >= 11 is 0. The summed E-state index contributed by atoms with van der Waals surface area (Å²) in [5.41, 5.74) is 2.72. The molecule has 1 aliphatic carbocycles. The Morgan fingerprint density at radius 1 is 1.23 bits per heavy atom. The number of hydrogen-bond acceptors (Lipinski definition) is 1. The minimum absolute atomic E-state index is 0.709. The molecule has 2 aromatic rings. The number of benzene rings is 1. The summed E-state index contributed by atoms with van der Waals surface area (Å²) in [4.78, 5) is 4.30. The molecule has 4 nitrogen and oxygen atoms in total. The van der Waals surface area contributed by atoms with Gasteiger partial charge in [-0.25, -0.2) is 0 Å². The monoisotopic (exact) mass is 296 g/mol. The molecule has 3 rings (SSSR count). The number of aliphatic imine (C=N–C) groups is 1. The van der Waals surface area contributed by atoms with Crippen molar-refractivity contribution < 1.29 is 0 Å². The highest BCUT2D eigenvalue weighted by Crippen LogP contribution is 2.46. The van der Waals surface area contributed by atoms with Crippen LogP contribution in [0.25, 0.3) is 0 Å². The molecule has 4 heteroatoms.